The van der Waals surface area contributed by atoms with Crippen molar-refractivity contribution in [2.45, 2.75) is 47.1 Å². The maximum atomic E-state index is 4.63. The lowest BCUT2D eigenvalue weighted by atomic mass is 10.0. The zero-order valence-electron chi connectivity index (χ0n) is 13.2. The van der Waals surface area contributed by atoms with Crippen LogP contribution in [0, 0.1) is 13.8 Å². The van der Waals surface area contributed by atoms with Crippen LogP contribution in [0.3, 0.4) is 0 Å². The van der Waals surface area contributed by atoms with Crippen molar-refractivity contribution in [3.8, 4) is 5.69 Å². The van der Waals surface area contributed by atoms with E-state index in [4.69, 9.17) is 0 Å². The van der Waals surface area contributed by atoms with Crippen LogP contribution in [0.1, 0.15) is 49.1 Å². The smallest absolute Gasteiger partial charge is 0.0678 e. The van der Waals surface area contributed by atoms with Crippen LogP contribution in [-0.4, -0.2) is 16.3 Å². The molecular weight excluding hydrogens is 246 g/mol. The summed E-state index contributed by atoms with van der Waals surface area (Å²) in [4.78, 5) is 0. The summed E-state index contributed by atoms with van der Waals surface area (Å²) < 4.78 is 2.10. The SMILES string of the molecule is CCNCc1cnn(-c2ccc(C)cc2C)c1C(C)C. The predicted molar refractivity (Wildman–Crippen MR) is 84.5 cm³/mol. The van der Waals surface area contributed by atoms with E-state index in [1.54, 1.807) is 0 Å². The van der Waals surface area contributed by atoms with E-state index in [1.807, 2.05) is 6.20 Å². The Bertz CT molecular complexity index is 582. The van der Waals surface area contributed by atoms with Gasteiger partial charge in [0.1, 0.15) is 0 Å². The van der Waals surface area contributed by atoms with E-state index < -0.39 is 0 Å². The van der Waals surface area contributed by atoms with Crippen molar-refractivity contribution < 1.29 is 0 Å². The number of hydrogen-bond acceptors (Lipinski definition) is 2. The molecule has 3 heteroatoms. The van der Waals surface area contributed by atoms with Crippen LogP contribution >= 0.6 is 0 Å². The molecule has 0 aliphatic rings. The summed E-state index contributed by atoms with van der Waals surface area (Å²) in [7, 11) is 0. The monoisotopic (exact) mass is 271 g/mol. The van der Waals surface area contributed by atoms with E-state index in [-0.39, 0.29) is 0 Å². The van der Waals surface area contributed by atoms with Crippen molar-refractivity contribution in [1.29, 1.82) is 0 Å². The van der Waals surface area contributed by atoms with Crippen molar-refractivity contribution in [2.24, 2.45) is 0 Å². The Kier molecular flexibility index (Phi) is 4.61. The van der Waals surface area contributed by atoms with Crippen molar-refractivity contribution in [1.82, 2.24) is 15.1 Å². The zero-order chi connectivity index (χ0) is 14.7. The maximum absolute atomic E-state index is 4.63. The Morgan fingerprint density at radius 3 is 2.60 bits per heavy atom. The number of nitrogens with one attached hydrogen (secondary N) is 1. The Morgan fingerprint density at radius 1 is 1.25 bits per heavy atom. The van der Waals surface area contributed by atoms with Gasteiger partial charge in [0.2, 0.25) is 0 Å². The number of aryl methyl sites for hydroxylation is 2. The van der Waals surface area contributed by atoms with Gasteiger partial charge < -0.3 is 5.32 Å². The van der Waals surface area contributed by atoms with E-state index in [1.165, 1.54) is 28.1 Å². The Morgan fingerprint density at radius 2 is 2.00 bits per heavy atom. The molecule has 0 saturated heterocycles. The second-order valence-electron chi connectivity index (χ2n) is 5.69. The molecular formula is C17H25N3. The van der Waals surface area contributed by atoms with Crippen LogP contribution in [-0.2, 0) is 6.54 Å². The number of rotatable bonds is 5. The minimum atomic E-state index is 0.451. The molecule has 0 spiro atoms. The first-order valence-corrected chi connectivity index (χ1v) is 7.39. The van der Waals surface area contributed by atoms with Gasteiger partial charge in [0, 0.05) is 12.1 Å². The number of hydrogen-bond donors (Lipinski definition) is 1. The lowest BCUT2D eigenvalue weighted by molar-refractivity contribution is 0.688. The maximum Gasteiger partial charge on any atom is 0.0678 e. The zero-order valence-corrected chi connectivity index (χ0v) is 13.2. The van der Waals surface area contributed by atoms with Gasteiger partial charge in [-0.2, -0.15) is 5.10 Å². The Balaban J connectivity index is 2.48. The normalized spacial score (nSPS) is 11.3. The first-order chi connectivity index (χ1) is 9.54. The van der Waals surface area contributed by atoms with Crippen LogP contribution < -0.4 is 5.32 Å². The highest BCUT2D eigenvalue weighted by molar-refractivity contribution is 5.44. The van der Waals surface area contributed by atoms with Gasteiger partial charge in [0.25, 0.3) is 0 Å². The lowest BCUT2D eigenvalue weighted by Gasteiger charge is -2.15. The van der Waals surface area contributed by atoms with Crippen molar-refractivity contribution in [3.63, 3.8) is 0 Å². The molecule has 0 amide bonds. The van der Waals surface area contributed by atoms with E-state index >= 15 is 0 Å². The molecule has 3 nitrogen and oxygen atoms in total. The first-order valence-electron chi connectivity index (χ1n) is 7.39. The molecule has 0 saturated carbocycles. The van der Waals surface area contributed by atoms with Gasteiger partial charge in [-0.15, -0.1) is 0 Å². The molecule has 2 rings (SSSR count). The van der Waals surface area contributed by atoms with Gasteiger partial charge in [-0.3, -0.25) is 0 Å². The summed E-state index contributed by atoms with van der Waals surface area (Å²) in [5.74, 6) is 0.451. The van der Waals surface area contributed by atoms with Crippen molar-refractivity contribution in [3.05, 3.63) is 46.8 Å². The Hall–Kier alpha value is -1.61. The fraction of sp³-hybridized carbons (Fsp3) is 0.471. The number of benzene rings is 1. The Labute approximate surface area is 122 Å². The topological polar surface area (TPSA) is 29.9 Å². The highest BCUT2D eigenvalue weighted by Gasteiger charge is 2.16. The van der Waals surface area contributed by atoms with E-state index in [0.717, 1.165) is 13.1 Å². The van der Waals surface area contributed by atoms with Crippen molar-refractivity contribution in [2.75, 3.05) is 6.54 Å². The van der Waals surface area contributed by atoms with Gasteiger partial charge in [-0.05, 0) is 37.9 Å². The minimum absolute atomic E-state index is 0.451. The average Bonchev–Trinajstić information content (AvgIpc) is 2.80. The average molecular weight is 271 g/mol. The number of aromatic nitrogens is 2. The standard InChI is InChI=1S/C17H25N3/c1-6-18-10-15-11-19-20(17(15)12(2)3)16-8-7-13(4)9-14(16)5/h7-9,11-12,18H,6,10H2,1-5H3. The molecule has 0 bridgehead atoms. The third kappa shape index (κ3) is 2.93. The first kappa shape index (κ1) is 14.8. The van der Waals surface area contributed by atoms with Gasteiger partial charge in [0.05, 0.1) is 17.6 Å². The molecule has 2 aromatic rings. The quantitative estimate of drug-likeness (QED) is 0.898. The predicted octanol–water partition coefficient (Wildman–Crippen LogP) is 3.72. The second-order valence-corrected chi connectivity index (χ2v) is 5.69. The molecule has 0 aliphatic carbocycles. The van der Waals surface area contributed by atoms with Crippen molar-refractivity contribution >= 4 is 0 Å². The van der Waals surface area contributed by atoms with Gasteiger partial charge in [0.15, 0.2) is 0 Å². The second kappa shape index (κ2) is 6.23. The van der Waals surface area contributed by atoms with Gasteiger partial charge in [-0.1, -0.05) is 38.5 Å². The third-order valence-corrected chi connectivity index (χ3v) is 3.58. The van der Waals surface area contributed by atoms with Crippen LogP contribution in [0.15, 0.2) is 24.4 Å². The van der Waals surface area contributed by atoms with E-state index in [0.29, 0.717) is 5.92 Å². The summed E-state index contributed by atoms with van der Waals surface area (Å²) >= 11 is 0. The molecule has 1 N–H and O–H groups in total. The molecule has 1 heterocycles. The highest BCUT2D eigenvalue weighted by atomic mass is 15.3. The van der Waals surface area contributed by atoms with Gasteiger partial charge >= 0.3 is 0 Å². The molecule has 0 aliphatic heterocycles. The highest BCUT2D eigenvalue weighted by Crippen LogP contribution is 2.25. The summed E-state index contributed by atoms with van der Waals surface area (Å²) in [5, 5.41) is 8.02. The third-order valence-electron chi connectivity index (χ3n) is 3.58. The summed E-state index contributed by atoms with van der Waals surface area (Å²) in [5.41, 5.74) is 6.34. The number of nitrogens with zero attached hydrogens (tertiary/aromatic N) is 2. The fourth-order valence-electron chi connectivity index (χ4n) is 2.64. The van der Waals surface area contributed by atoms with E-state index in [2.05, 4.69) is 67.9 Å². The van der Waals surface area contributed by atoms with Gasteiger partial charge in [-0.25, -0.2) is 4.68 Å². The molecule has 0 atom stereocenters. The molecule has 108 valence electrons. The molecule has 0 unspecified atom stereocenters. The summed E-state index contributed by atoms with van der Waals surface area (Å²) in [6, 6.07) is 6.53. The largest absolute Gasteiger partial charge is 0.313 e. The fourth-order valence-corrected chi connectivity index (χ4v) is 2.64. The summed E-state index contributed by atoms with van der Waals surface area (Å²) in [6.45, 7) is 12.7. The molecule has 0 radical (unpaired) electrons. The minimum Gasteiger partial charge on any atom is -0.313 e. The lowest BCUT2D eigenvalue weighted by Crippen LogP contribution is -2.14. The van der Waals surface area contributed by atoms with Crippen LogP contribution in [0.4, 0.5) is 0 Å². The molecule has 1 aromatic carbocycles. The molecule has 1 aromatic heterocycles. The molecule has 0 fully saturated rings. The van der Waals surface area contributed by atoms with Crippen LogP contribution in [0.25, 0.3) is 5.69 Å². The van der Waals surface area contributed by atoms with Crippen LogP contribution in [0.5, 0.6) is 0 Å². The van der Waals surface area contributed by atoms with Crippen LogP contribution in [0.2, 0.25) is 0 Å². The molecule has 20 heavy (non-hydrogen) atoms. The summed E-state index contributed by atoms with van der Waals surface area (Å²) in [6.07, 6.45) is 2.00. The van der Waals surface area contributed by atoms with E-state index in [9.17, 15) is 0 Å².